The Bertz CT molecular complexity index is 780. The number of carboxylic acid groups (broad SMARTS) is 1. The van der Waals surface area contributed by atoms with E-state index in [9.17, 15) is 4.79 Å². The predicted octanol–water partition coefficient (Wildman–Crippen LogP) is 9.04. The number of aromatic nitrogens is 1. The number of unbranched alkanes of at least 4 members (excludes halogenated alkanes) is 15. The third-order valence-corrected chi connectivity index (χ3v) is 6.62. The van der Waals surface area contributed by atoms with Crippen molar-refractivity contribution in [3.63, 3.8) is 0 Å². The molecular weight excluding hydrogens is 398 g/mol. The molecule has 2 rings (SSSR count). The van der Waals surface area contributed by atoms with Gasteiger partial charge in [-0.05, 0) is 18.9 Å². The summed E-state index contributed by atoms with van der Waals surface area (Å²) in [5.74, 6) is 0.472. The molecule has 0 aliphatic heterocycles. The number of aryl methyl sites for hydroxylation is 2. The summed E-state index contributed by atoms with van der Waals surface area (Å²) in [5, 5.41) is 10.2. The largest absolute Gasteiger partial charge is 0.512 e. The maximum absolute atomic E-state index is 11.1. The number of rotatable bonds is 18. The van der Waals surface area contributed by atoms with Crippen molar-refractivity contribution < 1.29 is 14.6 Å². The highest BCUT2D eigenvalue weighted by Gasteiger charge is 2.18. The van der Waals surface area contributed by atoms with Gasteiger partial charge in [0, 0.05) is 18.0 Å². The molecule has 1 aromatic heterocycles. The second-order valence-electron chi connectivity index (χ2n) is 9.28. The first-order valence-corrected chi connectivity index (χ1v) is 13.1. The van der Waals surface area contributed by atoms with Gasteiger partial charge >= 0.3 is 6.16 Å². The summed E-state index contributed by atoms with van der Waals surface area (Å²) < 4.78 is 6.97. The Morgan fingerprint density at radius 2 is 1.25 bits per heavy atom. The summed E-state index contributed by atoms with van der Waals surface area (Å²) in [6, 6.07) is 8.06. The smallest absolute Gasteiger partial charge is 0.449 e. The van der Waals surface area contributed by atoms with Gasteiger partial charge in [0.15, 0.2) is 0 Å². The molecule has 1 N–H and O–H groups in total. The Hall–Kier alpha value is -1.97. The fraction of sp³-hybridized carbons (Fsp3) is 0.679. The van der Waals surface area contributed by atoms with Gasteiger partial charge in [0.2, 0.25) is 5.88 Å². The molecule has 2 aromatic rings. The molecule has 0 radical (unpaired) electrons. The summed E-state index contributed by atoms with van der Waals surface area (Å²) in [4.78, 5) is 11.1. The van der Waals surface area contributed by atoms with Crippen molar-refractivity contribution in [1.29, 1.82) is 0 Å². The van der Waals surface area contributed by atoms with E-state index < -0.39 is 6.16 Å². The van der Waals surface area contributed by atoms with E-state index in [1.165, 1.54) is 96.3 Å². The predicted molar refractivity (Wildman–Crippen MR) is 135 cm³/mol. The molecule has 0 bridgehead atoms. The van der Waals surface area contributed by atoms with Crippen molar-refractivity contribution in [3.8, 4) is 5.88 Å². The zero-order chi connectivity index (χ0) is 23.0. The number of para-hydroxylation sites is 1. The highest BCUT2D eigenvalue weighted by Crippen LogP contribution is 2.32. The summed E-state index contributed by atoms with van der Waals surface area (Å²) in [6.45, 7) is 2.28. The van der Waals surface area contributed by atoms with Crippen molar-refractivity contribution in [1.82, 2.24) is 4.57 Å². The lowest BCUT2D eigenvalue weighted by molar-refractivity contribution is 0.141. The molecular formula is C28H45NO3. The molecule has 0 spiro atoms. The number of benzene rings is 1. The monoisotopic (exact) mass is 443 g/mol. The maximum atomic E-state index is 11.1. The first-order chi connectivity index (χ1) is 15.6. The quantitative estimate of drug-likeness (QED) is 0.185. The average molecular weight is 444 g/mol. The van der Waals surface area contributed by atoms with Crippen LogP contribution in [0, 0.1) is 0 Å². The van der Waals surface area contributed by atoms with Crippen LogP contribution in [0.4, 0.5) is 4.79 Å². The van der Waals surface area contributed by atoms with Crippen LogP contribution in [0.25, 0.3) is 10.9 Å². The van der Waals surface area contributed by atoms with Gasteiger partial charge in [-0.3, -0.25) is 0 Å². The Morgan fingerprint density at radius 3 is 1.75 bits per heavy atom. The fourth-order valence-electron chi connectivity index (χ4n) is 4.75. The number of nitrogens with zero attached hydrogens (tertiary/aromatic N) is 1. The van der Waals surface area contributed by atoms with Crippen LogP contribution in [0.15, 0.2) is 24.3 Å². The molecule has 0 unspecified atom stereocenters. The Kier molecular flexibility index (Phi) is 13.0. The zero-order valence-electron chi connectivity index (χ0n) is 20.5. The fourth-order valence-corrected chi connectivity index (χ4v) is 4.75. The lowest BCUT2D eigenvalue weighted by atomic mass is 10.0. The highest BCUT2D eigenvalue weighted by atomic mass is 16.7. The van der Waals surface area contributed by atoms with Crippen LogP contribution >= 0.6 is 0 Å². The second-order valence-corrected chi connectivity index (χ2v) is 9.28. The van der Waals surface area contributed by atoms with Crippen LogP contribution in [0.5, 0.6) is 5.88 Å². The average Bonchev–Trinajstić information content (AvgIpc) is 3.04. The summed E-state index contributed by atoms with van der Waals surface area (Å²) in [7, 11) is 1.87. The van der Waals surface area contributed by atoms with E-state index in [1.807, 2.05) is 29.8 Å². The van der Waals surface area contributed by atoms with Gasteiger partial charge in [-0.15, -0.1) is 0 Å². The van der Waals surface area contributed by atoms with E-state index >= 15 is 0 Å². The minimum absolute atomic E-state index is 0.472. The van der Waals surface area contributed by atoms with Crippen LogP contribution in [-0.4, -0.2) is 15.8 Å². The van der Waals surface area contributed by atoms with Crippen molar-refractivity contribution in [2.24, 2.45) is 7.05 Å². The van der Waals surface area contributed by atoms with Crippen LogP contribution in [0.3, 0.4) is 0 Å². The molecule has 0 aliphatic rings. The number of carbonyl (C=O) groups is 1. The highest BCUT2D eigenvalue weighted by molar-refractivity contribution is 5.87. The van der Waals surface area contributed by atoms with E-state index in [2.05, 4.69) is 13.0 Å². The Morgan fingerprint density at radius 1 is 0.781 bits per heavy atom. The summed E-state index contributed by atoms with van der Waals surface area (Å²) in [5.41, 5.74) is 2.05. The van der Waals surface area contributed by atoms with Gasteiger partial charge in [0.25, 0.3) is 0 Å². The van der Waals surface area contributed by atoms with E-state index in [4.69, 9.17) is 9.84 Å². The van der Waals surface area contributed by atoms with E-state index in [-0.39, 0.29) is 0 Å². The van der Waals surface area contributed by atoms with E-state index in [0.29, 0.717) is 5.88 Å². The van der Waals surface area contributed by atoms with Gasteiger partial charge in [-0.25, -0.2) is 4.79 Å². The normalized spacial score (nSPS) is 11.3. The number of fused-ring (bicyclic) bond motifs is 1. The van der Waals surface area contributed by atoms with Gasteiger partial charge in [-0.2, -0.15) is 0 Å². The second kappa shape index (κ2) is 15.8. The molecule has 0 atom stereocenters. The summed E-state index contributed by atoms with van der Waals surface area (Å²) in [6.07, 6.45) is 21.3. The minimum Gasteiger partial charge on any atom is -0.449 e. The molecule has 0 saturated carbocycles. The lowest BCUT2D eigenvalue weighted by Crippen LogP contribution is -2.08. The van der Waals surface area contributed by atoms with Crippen LogP contribution < -0.4 is 4.74 Å². The third-order valence-electron chi connectivity index (χ3n) is 6.62. The van der Waals surface area contributed by atoms with E-state index in [1.54, 1.807) is 0 Å². The van der Waals surface area contributed by atoms with Gasteiger partial charge < -0.3 is 14.4 Å². The standard InChI is InChI=1S/C28H45NO3/c1-3-4-5-6-7-8-9-10-11-12-13-14-15-16-17-18-22-25-24-21-19-20-23-26(24)29(2)27(25)32-28(30)31/h19-21,23H,3-18,22H2,1-2H3,(H,30,31). The third kappa shape index (κ3) is 9.26. The molecule has 0 fully saturated rings. The molecule has 0 aliphatic carbocycles. The van der Waals surface area contributed by atoms with Crippen LogP contribution in [0.1, 0.15) is 115 Å². The molecule has 4 heteroatoms. The molecule has 4 nitrogen and oxygen atoms in total. The van der Waals surface area contributed by atoms with Crippen molar-refractivity contribution >= 4 is 17.1 Å². The van der Waals surface area contributed by atoms with Crippen LogP contribution in [0.2, 0.25) is 0 Å². The Labute approximate surface area is 195 Å². The number of hydrogen-bond donors (Lipinski definition) is 1. The number of ether oxygens (including phenoxy) is 1. The van der Waals surface area contributed by atoms with Gasteiger partial charge in [0.1, 0.15) is 0 Å². The molecule has 1 heterocycles. The molecule has 0 amide bonds. The van der Waals surface area contributed by atoms with E-state index in [0.717, 1.165) is 29.3 Å². The molecule has 1 aromatic carbocycles. The SMILES string of the molecule is CCCCCCCCCCCCCCCCCCc1c(OC(=O)O)n(C)c2ccccc12. The topological polar surface area (TPSA) is 51.5 Å². The van der Waals surface area contributed by atoms with Crippen molar-refractivity contribution in [2.75, 3.05) is 0 Å². The first kappa shape index (κ1) is 26.3. The molecule has 180 valence electrons. The van der Waals surface area contributed by atoms with Crippen molar-refractivity contribution in [3.05, 3.63) is 29.8 Å². The number of hydrogen-bond acceptors (Lipinski definition) is 2. The van der Waals surface area contributed by atoms with Gasteiger partial charge in [0.05, 0.1) is 5.52 Å². The minimum atomic E-state index is -1.25. The summed E-state index contributed by atoms with van der Waals surface area (Å²) >= 11 is 0. The Balaban J connectivity index is 1.54. The lowest BCUT2D eigenvalue weighted by Gasteiger charge is -2.06. The van der Waals surface area contributed by atoms with Crippen LogP contribution in [-0.2, 0) is 13.5 Å². The maximum Gasteiger partial charge on any atom is 0.512 e. The van der Waals surface area contributed by atoms with Crippen molar-refractivity contribution in [2.45, 2.75) is 116 Å². The zero-order valence-corrected chi connectivity index (χ0v) is 20.5. The van der Waals surface area contributed by atoms with Gasteiger partial charge in [-0.1, -0.05) is 121 Å². The molecule has 32 heavy (non-hydrogen) atoms. The first-order valence-electron chi connectivity index (χ1n) is 13.1. The molecule has 0 saturated heterocycles.